The van der Waals surface area contributed by atoms with E-state index in [0.29, 0.717) is 0 Å². The van der Waals surface area contributed by atoms with E-state index in [2.05, 4.69) is 22.9 Å². The van der Waals surface area contributed by atoms with E-state index in [-0.39, 0.29) is 17.7 Å². The molecule has 0 aromatic carbocycles. The highest BCUT2D eigenvalue weighted by molar-refractivity contribution is 9.09. The Labute approximate surface area is 87.0 Å². The molecule has 2 atom stereocenters. The molecule has 0 saturated carbocycles. The molecule has 0 saturated heterocycles. The molecule has 0 rings (SSSR count). The van der Waals surface area contributed by atoms with Gasteiger partial charge in [0, 0.05) is 17.5 Å². The molecule has 0 N–H and O–H groups in total. The van der Waals surface area contributed by atoms with E-state index in [1.54, 1.807) is 13.2 Å². The first-order valence-electron chi connectivity index (χ1n) is 3.77. The van der Waals surface area contributed by atoms with E-state index < -0.39 is 0 Å². The van der Waals surface area contributed by atoms with E-state index in [1.165, 1.54) is 5.54 Å². The summed E-state index contributed by atoms with van der Waals surface area (Å²) in [4.78, 5) is 0.280. The molecule has 72 valence electrons. The average molecular weight is 258 g/mol. The van der Waals surface area contributed by atoms with Gasteiger partial charge in [0.15, 0.2) is 0 Å². The number of halogens is 2. The van der Waals surface area contributed by atoms with E-state index >= 15 is 0 Å². The highest BCUT2D eigenvalue weighted by atomic mass is 79.9. The van der Waals surface area contributed by atoms with Gasteiger partial charge in [-0.2, -0.15) is 0 Å². The van der Waals surface area contributed by atoms with E-state index in [4.69, 9.17) is 21.1 Å². The van der Waals surface area contributed by atoms with Crippen molar-refractivity contribution >= 4 is 27.5 Å². The minimum atomic E-state index is -0.0209. The van der Waals surface area contributed by atoms with Crippen molar-refractivity contribution in [2.75, 3.05) is 13.9 Å². The molecule has 2 nitrogen and oxygen atoms in total. The molecule has 0 aromatic heterocycles. The van der Waals surface area contributed by atoms with Crippen LogP contribution in [0.25, 0.3) is 0 Å². The van der Waals surface area contributed by atoms with Crippen LogP contribution in [-0.4, -0.2) is 24.8 Å². The topological polar surface area (TPSA) is 18.5 Å². The number of hydrogen-bond acceptors (Lipinski definition) is 2. The van der Waals surface area contributed by atoms with Crippen molar-refractivity contribution in [3.63, 3.8) is 0 Å². The fourth-order valence-corrected chi connectivity index (χ4v) is 1.20. The van der Waals surface area contributed by atoms with Crippen molar-refractivity contribution < 1.29 is 9.47 Å². The zero-order chi connectivity index (χ0) is 9.40. The zero-order valence-corrected chi connectivity index (χ0v) is 9.64. The summed E-state index contributed by atoms with van der Waals surface area (Å²) in [5.74, 6) is 0. The maximum absolute atomic E-state index is 5.45. The fourth-order valence-electron chi connectivity index (χ4n) is 0.731. The van der Waals surface area contributed by atoms with Crippen LogP contribution in [0.4, 0.5) is 0 Å². The second-order valence-electron chi connectivity index (χ2n) is 2.28. The van der Waals surface area contributed by atoms with E-state index in [9.17, 15) is 0 Å². The van der Waals surface area contributed by atoms with Crippen molar-refractivity contribution in [1.82, 2.24) is 0 Å². The Balaban J connectivity index is 3.85. The van der Waals surface area contributed by atoms with Gasteiger partial charge >= 0.3 is 0 Å². The largest absolute Gasteiger partial charge is 0.359 e. The highest BCUT2D eigenvalue weighted by Crippen LogP contribution is 2.14. The van der Waals surface area contributed by atoms with Crippen LogP contribution < -0.4 is 0 Å². The molecule has 0 heterocycles. The smallest absolute Gasteiger partial charge is 0.147 e. The van der Waals surface area contributed by atoms with Gasteiger partial charge in [0.05, 0.1) is 6.10 Å². The van der Waals surface area contributed by atoms with Gasteiger partial charge in [0.1, 0.15) is 6.79 Å². The molecule has 0 bridgehead atoms. The van der Waals surface area contributed by atoms with Gasteiger partial charge in [0.2, 0.25) is 0 Å². The molecule has 0 amide bonds. The van der Waals surface area contributed by atoms with Crippen molar-refractivity contribution in [3.8, 4) is 0 Å². The summed E-state index contributed by atoms with van der Waals surface area (Å²) in [7, 11) is 1.59. The molecule has 0 spiro atoms. The molecule has 0 aromatic rings. The zero-order valence-electron chi connectivity index (χ0n) is 7.30. The average Bonchev–Trinajstić information content (AvgIpc) is 2.11. The molecule has 2 unspecified atom stereocenters. The monoisotopic (exact) mass is 256 g/mol. The Morgan fingerprint density at radius 2 is 2.25 bits per heavy atom. The van der Waals surface area contributed by atoms with Crippen LogP contribution in [0.15, 0.2) is 11.6 Å². The van der Waals surface area contributed by atoms with Crippen LogP contribution in [-0.2, 0) is 9.47 Å². The third-order valence-corrected chi connectivity index (χ3v) is 2.70. The van der Waals surface area contributed by atoms with Crippen molar-refractivity contribution in [2.45, 2.75) is 24.3 Å². The maximum Gasteiger partial charge on any atom is 0.147 e. The summed E-state index contributed by atoms with van der Waals surface area (Å²) in [5.41, 5.74) is 1.46. The van der Waals surface area contributed by atoms with Gasteiger partial charge < -0.3 is 9.47 Å². The summed E-state index contributed by atoms with van der Waals surface area (Å²) < 4.78 is 10.1. The number of alkyl halides is 1. The molecule has 0 radical (unpaired) electrons. The first-order valence-corrected chi connectivity index (χ1v) is 5.13. The number of ether oxygens (including phenoxy) is 2. The van der Waals surface area contributed by atoms with Crippen LogP contribution in [0.5, 0.6) is 0 Å². The Hall–Kier alpha value is 0.430. The maximum atomic E-state index is 5.45. The number of hydrogen-bond donors (Lipinski definition) is 0. The minimum Gasteiger partial charge on any atom is -0.359 e. The summed E-state index contributed by atoms with van der Waals surface area (Å²) in [5, 5.41) is 0. The van der Waals surface area contributed by atoms with Gasteiger partial charge in [-0.1, -0.05) is 34.5 Å². The standard InChI is InChI=1S/C8H14BrClO2/c1-3-7(9)8(4-5-10)12-6-11-2/h4-5,7-8H,3,6H2,1-2H3/b5-4+. The van der Waals surface area contributed by atoms with Crippen molar-refractivity contribution in [3.05, 3.63) is 11.6 Å². The van der Waals surface area contributed by atoms with Crippen LogP contribution in [0.3, 0.4) is 0 Å². The van der Waals surface area contributed by atoms with E-state index in [0.717, 1.165) is 6.42 Å². The first-order chi connectivity index (χ1) is 5.76. The number of rotatable bonds is 6. The summed E-state index contributed by atoms with van der Waals surface area (Å²) in [6, 6.07) is 0. The molecule has 0 aliphatic carbocycles. The second-order valence-corrected chi connectivity index (χ2v) is 3.71. The normalized spacial score (nSPS) is 16.7. The third kappa shape index (κ3) is 5.14. The molecule has 0 aliphatic rings. The van der Waals surface area contributed by atoms with Crippen molar-refractivity contribution in [1.29, 1.82) is 0 Å². The molecule has 0 fully saturated rings. The molecule has 4 heteroatoms. The lowest BCUT2D eigenvalue weighted by Gasteiger charge is -2.17. The molecular formula is C8H14BrClO2. The van der Waals surface area contributed by atoms with Gasteiger partial charge in [-0.05, 0) is 12.5 Å². The second kappa shape index (κ2) is 8.05. The van der Waals surface area contributed by atoms with Crippen molar-refractivity contribution in [2.24, 2.45) is 0 Å². The predicted molar refractivity (Wildman–Crippen MR) is 54.7 cm³/mol. The highest BCUT2D eigenvalue weighted by Gasteiger charge is 2.14. The van der Waals surface area contributed by atoms with Gasteiger partial charge in [-0.15, -0.1) is 0 Å². The molecule has 0 aliphatic heterocycles. The summed E-state index contributed by atoms with van der Waals surface area (Å²) in [6.07, 6.45) is 2.76. The van der Waals surface area contributed by atoms with Crippen LogP contribution in [0, 0.1) is 0 Å². The van der Waals surface area contributed by atoms with Crippen LogP contribution in [0.2, 0.25) is 0 Å². The lowest BCUT2D eigenvalue weighted by atomic mass is 10.2. The Kier molecular flexibility index (Phi) is 8.34. The molecule has 12 heavy (non-hydrogen) atoms. The SMILES string of the molecule is CCC(Br)C(/C=C/Cl)OCOC. The Bertz CT molecular complexity index is 130. The van der Waals surface area contributed by atoms with Crippen LogP contribution in [0.1, 0.15) is 13.3 Å². The van der Waals surface area contributed by atoms with Gasteiger partial charge in [0.25, 0.3) is 0 Å². The Morgan fingerprint density at radius 1 is 1.58 bits per heavy atom. The summed E-state index contributed by atoms with van der Waals surface area (Å²) >= 11 is 8.94. The Morgan fingerprint density at radius 3 is 2.67 bits per heavy atom. The molecular weight excluding hydrogens is 243 g/mol. The third-order valence-electron chi connectivity index (χ3n) is 1.39. The lowest BCUT2D eigenvalue weighted by Crippen LogP contribution is -2.22. The first kappa shape index (κ1) is 12.4. The number of methoxy groups -OCH3 is 1. The van der Waals surface area contributed by atoms with Crippen LogP contribution >= 0.6 is 27.5 Å². The minimum absolute atomic E-state index is 0.0209. The van der Waals surface area contributed by atoms with Gasteiger partial charge in [-0.3, -0.25) is 0 Å². The predicted octanol–water partition coefficient (Wildman–Crippen LogP) is 2.90. The van der Waals surface area contributed by atoms with E-state index in [1.807, 2.05) is 0 Å². The lowest BCUT2D eigenvalue weighted by molar-refractivity contribution is -0.0551. The fraction of sp³-hybridized carbons (Fsp3) is 0.750. The quantitative estimate of drug-likeness (QED) is 0.538. The van der Waals surface area contributed by atoms with Gasteiger partial charge in [-0.25, -0.2) is 0 Å². The summed E-state index contributed by atoms with van der Waals surface area (Å²) in [6.45, 7) is 2.36.